The Hall–Kier alpha value is -0.0300. The molecule has 78 valence electrons. The van der Waals surface area contributed by atoms with Crippen LogP contribution in [0.1, 0.15) is 6.92 Å². The molecule has 0 heterocycles. The minimum Gasteiger partial charge on any atom is -0.394 e. The molecule has 0 aliphatic heterocycles. The molecule has 0 aromatic heterocycles. The number of hydrogen-bond acceptors (Lipinski definition) is 3. The van der Waals surface area contributed by atoms with Crippen molar-refractivity contribution in [3.05, 3.63) is 28.7 Å². The van der Waals surface area contributed by atoms with Crippen LogP contribution in [0.3, 0.4) is 0 Å². The Morgan fingerprint density at radius 2 is 2.29 bits per heavy atom. The number of thioether (sulfide) groups is 1. The van der Waals surface area contributed by atoms with E-state index in [1.54, 1.807) is 11.8 Å². The Kier molecular flexibility index (Phi) is 4.44. The van der Waals surface area contributed by atoms with Gasteiger partial charge in [-0.25, -0.2) is 0 Å². The standard InChI is InChI=1S/C10H14BrNOS/c1-10(12,6-13)7-14-9-4-2-3-8(11)5-9/h2-5,13H,6-7,12H2,1H3. The van der Waals surface area contributed by atoms with Gasteiger partial charge in [-0.15, -0.1) is 11.8 Å². The SMILES string of the molecule is CC(N)(CO)CSc1cccc(Br)c1. The first-order valence-corrected chi connectivity index (χ1v) is 6.09. The molecule has 1 unspecified atom stereocenters. The van der Waals surface area contributed by atoms with Gasteiger partial charge in [-0.3, -0.25) is 0 Å². The zero-order valence-corrected chi connectivity index (χ0v) is 10.4. The van der Waals surface area contributed by atoms with E-state index in [0.29, 0.717) is 5.75 Å². The highest BCUT2D eigenvalue weighted by molar-refractivity contribution is 9.10. The number of halogens is 1. The number of hydrogen-bond donors (Lipinski definition) is 2. The summed E-state index contributed by atoms with van der Waals surface area (Å²) in [6.45, 7) is 1.85. The quantitative estimate of drug-likeness (QED) is 0.829. The highest BCUT2D eigenvalue weighted by Gasteiger charge is 2.16. The molecule has 4 heteroatoms. The van der Waals surface area contributed by atoms with Crippen LogP contribution >= 0.6 is 27.7 Å². The van der Waals surface area contributed by atoms with Crippen LogP contribution in [0, 0.1) is 0 Å². The van der Waals surface area contributed by atoms with Crippen molar-refractivity contribution in [2.24, 2.45) is 5.73 Å². The molecule has 2 nitrogen and oxygen atoms in total. The zero-order valence-electron chi connectivity index (χ0n) is 8.03. The van der Waals surface area contributed by atoms with E-state index in [9.17, 15) is 0 Å². The van der Waals surface area contributed by atoms with Crippen molar-refractivity contribution in [1.29, 1.82) is 0 Å². The van der Waals surface area contributed by atoms with Crippen molar-refractivity contribution in [2.75, 3.05) is 12.4 Å². The fourth-order valence-corrected chi connectivity index (χ4v) is 2.37. The Morgan fingerprint density at radius 1 is 1.57 bits per heavy atom. The molecule has 0 bridgehead atoms. The van der Waals surface area contributed by atoms with Gasteiger partial charge in [0.2, 0.25) is 0 Å². The number of aliphatic hydroxyl groups is 1. The monoisotopic (exact) mass is 275 g/mol. The second-order valence-corrected chi connectivity index (χ2v) is 5.52. The first-order chi connectivity index (χ1) is 6.53. The van der Waals surface area contributed by atoms with Gasteiger partial charge >= 0.3 is 0 Å². The molecule has 0 aliphatic carbocycles. The molecule has 1 rings (SSSR count). The molecule has 0 amide bonds. The molecule has 0 saturated carbocycles. The molecule has 0 spiro atoms. The Labute approximate surface area is 97.0 Å². The smallest absolute Gasteiger partial charge is 0.0616 e. The predicted octanol–water partition coefficient (Wildman–Crippen LogP) is 2.25. The van der Waals surface area contributed by atoms with E-state index in [-0.39, 0.29) is 6.61 Å². The van der Waals surface area contributed by atoms with Gasteiger partial charge in [0.1, 0.15) is 0 Å². The maximum absolute atomic E-state index is 8.98. The van der Waals surface area contributed by atoms with Crippen molar-refractivity contribution >= 4 is 27.7 Å². The van der Waals surface area contributed by atoms with Gasteiger partial charge in [0, 0.05) is 20.7 Å². The Morgan fingerprint density at radius 3 is 2.86 bits per heavy atom. The van der Waals surface area contributed by atoms with Crippen molar-refractivity contribution in [2.45, 2.75) is 17.4 Å². The molecule has 3 N–H and O–H groups in total. The number of nitrogens with two attached hydrogens (primary N) is 1. The lowest BCUT2D eigenvalue weighted by atomic mass is 10.1. The third-order valence-corrected chi connectivity index (χ3v) is 3.61. The summed E-state index contributed by atoms with van der Waals surface area (Å²) in [6.07, 6.45) is 0. The maximum atomic E-state index is 8.98. The minimum absolute atomic E-state index is 0.00794. The van der Waals surface area contributed by atoms with Crippen LogP contribution in [-0.4, -0.2) is 23.0 Å². The van der Waals surface area contributed by atoms with E-state index in [4.69, 9.17) is 10.8 Å². The summed E-state index contributed by atoms with van der Waals surface area (Å²) in [4.78, 5) is 1.16. The maximum Gasteiger partial charge on any atom is 0.0616 e. The topological polar surface area (TPSA) is 46.2 Å². The van der Waals surface area contributed by atoms with Gasteiger partial charge in [0.15, 0.2) is 0 Å². The molecule has 0 radical (unpaired) electrons. The lowest BCUT2D eigenvalue weighted by Gasteiger charge is -2.20. The lowest BCUT2D eigenvalue weighted by molar-refractivity contribution is 0.224. The summed E-state index contributed by atoms with van der Waals surface area (Å²) in [7, 11) is 0. The van der Waals surface area contributed by atoms with Crippen molar-refractivity contribution in [1.82, 2.24) is 0 Å². The summed E-state index contributed by atoms with van der Waals surface area (Å²) < 4.78 is 1.06. The van der Waals surface area contributed by atoms with Crippen LogP contribution in [0.15, 0.2) is 33.6 Å². The van der Waals surface area contributed by atoms with E-state index in [0.717, 1.165) is 9.37 Å². The van der Waals surface area contributed by atoms with Gasteiger partial charge in [0.05, 0.1) is 6.61 Å². The summed E-state index contributed by atoms with van der Waals surface area (Å²) in [5, 5.41) is 8.98. The summed E-state index contributed by atoms with van der Waals surface area (Å²) in [5.41, 5.74) is 5.31. The molecule has 1 aromatic carbocycles. The van der Waals surface area contributed by atoms with Gasteiger partial charge < -0.3 is 10.8 Å². The largest absolute Gasteiger partial charge is 0.394 e. The molecule has 0 fully saturated rings. The number of aliphatic hydroxyl groups excluding tert-OH is 1. The molecule has 0 saturated heterocycles. The van der Waals surface area contributed by atoms with Crippen molar-refractivity contribution < 1.29 is 5.11 Å². The second kappa shape index (κ2) is 5.16. The molecular formula is C10H14BrNOS. The van der Waals surface area contributed by atoms with Crippen molar-refractivity contribution in [3.8, 4) is 0 Å². The molecule has 1 aromatic rings. The summed E-state index contributed by atoms with van der Waals surface area (Å²) in [6, 6.07) is 8.04. The normalized spacial score (nSPS) is 15.1. The van der Waals surface area contributed by atoms with E-state index in [2.05, 4.69) is 15.9 Å². The van der Waals surface area contributed by atoms with Gasteiger partial charge in [0.25, 0.3) is 0 Å². The van der Waals surface area contributed by atoms with Crippen LogP contribution in [0.5, 0.6) is 0 Å². The van der Waals surface area contributed by atoms with Crippen LogP contribution in [0.4, 0.5) is 0 Å². The highest BCUT2D eigenvalue weighted by atomic mass is 79.9. The van der Waals surface area contributed by atoms with Gasteiger partial charge in [-0.2, -0.15) is 0 Å². The molecule has 1 atom stereocenters. The van der Waals surface area contributed by atoms with Gasteiger partial charge in [-0.05, 0) is 25.1 Å². The van der Waals surface area contributed by atoms with E-state index in [1.807, 2.05) is 31.2 Å². The lowest BCUT2D eigenvalue weighted by Crippen LogP contribution is -2.42. The van der Waals surface area contributed by atoms with Crippen LogP contribution in [-0.2, 0) is 0 Å². The molecule has 14 heavy (non-hydrogen) atoms. The highest BCUT2D eigenvalue weighted by Crippen LogP contribution is 2.24. The van der Waals surface area contributed by atoms with E-state index in [1.165, 1.54) is 0 Å². The average molecular weight is 276 g/mol. The summed E-state index contributed by atoms with van der Waals surface area (Å²) >= 11 is 5.06. The minimum atomic E-state index is -0.507. The third-order valence-electron chi connectivity index (χ3n) is 1.73. The number of benzene rings is 1. The summed E-state index contributed by atoms with van der Waals surface area (Å²) in [5.74, 6) is 0.708. The van der Waals surface area contributed by atoms with E-state index < -0.39 is 5.54 Å². The second-order valence-electron chi connectivity index (χ2n) is 3.56. The molecule has 0 aliphatic rings. The first kappa shape index (κ1) is 12.0. The third kappa shape index (κ3) is 4.00. The van der Waals surface area contributed by atoms with E-state index >= 15 is 0 Å². The Balaban J connectivity index is 2.54. The van der Waals surface area contributed by atoms with Crippen LogP contribution in [0.2, 0.25) is 0 Å². The Bertz CT molecular complexity index is 304. The van der Waals surface area contributed by atoms with Crippen molar-refractivity contribution in [3.63, 3.8) is 0 Å². The fourth-order valence-electron chi connectivity index (χ4n) is 0.851. The van der Waals surface area contributed by atoms with Crippen LogP contribution in [0.25, 0.3) is 0 Å². The zero-order chi connectivity index (χ0) is 10.6. The predicted molar refractivity (Wildman–Crippen MR) is 64.5 cm³/mol. The first-order valence-electron chi connectivity index (χ1n) is 4.32. The average Bonchev–Trinajstić information content (AvgIpc) is 2.15. The van der Waals surface area contributed by atoms with Gasteiger partial charge in [-0.1, -0.05) is 22.0 Å². The number of rotatable bonds is 4. The fraction of sp³-hybridized carbons (Fsp3) is 0.400. The molecular weight excluding hydrogens is 262 g/mol. The van der Waals surface area contributed by atoms with Crippen LogP contribution < -0.4 is 5.73 Å².